The van der Waals surface area contributed by atoms with E-state index >= 15 is 0 Å². The summed E-state index contributed by atoms with van der Waals surface area (Å²) < 4.78 is 16.2. The Bertz CT molecular complexity index is 782. The van der Waals surface area contributed by atoms with Crippen molar-refractivity contribution in [3.63, 3.8) is 0 Å². The van der Waals surface area contributed by atoms with Gasteiger partial charge < -0.3 is 13.9 Å². The number of esters is 1. The van der Waals surface area contributed by atoms with Crippen LogP contribution in [-0.4, -0.2) is 18.0 Å². The van der Waals surface area contributed by atoms with Gasteiger partial charge in [0.1, 0.15) is 17.3 Å². The standard InChI is InChI=1S/C18H17NO4/c1-11(2)21-14-8-5-13(6-9-14)17-19-16(18(20)23-17)10-15-7-4-12(3)22-15/h4-11H,1-3H3/b16-10+. The zero-order valence-electron chi connectivity index (χ0n) is 13.2. The van der Waals surface area contributed by atoms with Crippen molar-refractivity contribution in [2.75, 3.05) is 0 Å². The number of nitrogens with zero attached hydrogens (tertiary/aromatic N) is 1. The number of furan rings is 1. The number of aliphatic imine (C=N–C) groups is 1. The Morgan fingerprint density at radius 2 is 1.87 bits per heavy atom. The Morgan fingerprint density at radius 3 is 2.48 bits per heavy atom. The molecule has 0 fully saturated rings. The number of aryl methyl sites for hydroxylation is 1. The fourth-order valence-electron chi connectivity index (χ4n) is 2.15. The van der Waals surface area contributed by atoms with Crippen molar-refractivity contribution in [2.45, 2.75) is 26.9 Å². The van der Waals surface area contributed by atoms with Crippen molar-refractivity contribution in [2.24, 2.45) is 4.99 Å². The predicted octanol–water partition coefficient (Wildman–Crippen LogP) is 3.72. The van der Waals surface area contributed by atoms with Crippen LogP contribution in [0.4, 0.5) is 0 Å². The molecule has 5 heteroatoms. The maximum Gasteiger partial charge on any atom is 0.363 e. The van der Waals surface area contributed by atoms with E-state index in [2.05, 4.69) is 4.99 Å². The van der Waals surface area contributed by atoms with E-state index in [1.807, 2.05) is 51.1 Å². The SMILES string of the molecule is Cc1ccc(/C=C2/N=C(c3ccc(OC(C)C)cc3)OC2=O)o1. The van der Waals surface area contributed by atoms with E-state index in [0.717, 1.165) is 11.5 Å². The van der Waals surface area contributed by atoms with E-state index in [9.17, 15) is 4.79 Å². The van der Waals surface area contributed by atoms with Crippen LogP contribution in [0.15, 0.2) is 51.5 Å². The van der Waals surface area contributed by atoms with E-state index in [1.54, 1.807) is 12.1 Å². The third kappa shape index (κ3) is 3.51. The van der Waals surface area contributed by atoms with Gasteiger partial charge in [-0.1, -0.05) is 0 Å². The van der Waals surface area contributed by atoms with Crippen LogP contribution in [0.2, 0.25) is 0 Å². The fourth-order valence-corrected chi connectivity index (χ4v) is 2.15. The van der Waals surface area contributed by atoms with Crippen molar-refractivity contribution in [1.29, 1.82) is 0 Å². The molecular weight excluding hydrogens is 294 g/mol. The van der Waals surface area contributed by atoms with Crippen molar-refractivity contribution in [3.05, 3.63) is 59.2 Å². The second-order valence-corrected chi connectivity index (χ2v) is 5.48. The van der Waals surface area contributed by atoms with E-state index in [1.165, 1.54) is 0 Å². The van der Waals surface area contributed by atoms with Crippen LogP contribution in [0.25, 0.3) is 6.08 Å². The molecule has 0 aliphatic carbocycles. The van der Waals surface area contributed by atoms with E-state index < -0.39 is 5.97 Å². The molecule has 1 aliphatic rings. The highest BCUT2D eigenvalue weighted by Gasteiger charge is 2.24. The molecule has 0 N–H and O–H groups in total. The first kappa shape index (κ1) is 15.1. The van der Waals surface area contributed by atoms with Gasteiger partial charge in [-0.05, 0) is 57.2 Å². The van der Waals surface area contributed by atoms with Gasteiger partial charge in [0.25, 0.3) is 0 Å². The molecule has 0 saturated heterocycles. The van der Waals surface area contributed by atoms with Crippen LogP contribution < -0.4 is 4.74 Å². The first-order valence-electron chi connectivity index (χ1n) is 7.37. The molecule has 118 valence electrons. The number of carbonyl (C=O) groups is 1. The third-order valence-electron chi connectivity index (χ3n) is 3.13. The Labute approximate surface area is 134 Å². The van der Waals surface area contributed by atoms with Gasteiger partial charge in [0, 0.05) is 11.6 Å². The normalized spacial score (nSPS) is 15.9. The number of benzene rings is 1. The highest BCUT2D eigenvalue weighted by Crippen LogP contribution is 2.21. The molecule has 2 aromatic rings. The first-order chi connectivity index (χ1) is 11.0. The van der Waals surface area contributed by atoms with E-state index in [0.29, 0.717) is 11.3 Å². The van der Waals surface area contributed by atoms with Crippen LogP contribution in [-0.2, 0) is 9.53 Å². The van der Waals surface area contributed by atoms with Gasteiger partial charge in [0.05, 0.1) is 6.10 Å². The summed E-state index contributed by atoms with van der Waals surface area (Å²) in [6, 6.07) is 10.9. The summed E-state index contributed by atoms with van der Waals surface area (Å²) >= 11 is 0. The summed E-state index contributed by atoms with van der Waals surface area (Å²) in [5.74, 6) is 1.89. The number of ether oxygens (including phenoxy) is 2. The molecule has 0 spiro atoms. The van der Waals surface area contributed by atoms with E-state index in [-0.39, 0.29) is 17.7 Å². The topological polar surface area (TPSA) is 61.0 Å². The molecule has 0 saturated carbocycles. The molecule has 1 aromatic carbocycles. The minimum atomic E-state index is -0.489. The van der Waals surface area contributed by atoms with Gasteiger partial charge in [0.2, 0.25) is 5.90 Å². The van der Waals surface area contributed by atoms with Crippen LogP contribution in [0, 0.1) is 6.92 Å². The van der Waals surface area contributed by atoms with Crippen molar-refractivity contribution in [3.8, 4) is 5.75 Å². The smallest absolute Gasteiger partial charge is 0.363 e. The number of cyclic esters (lactones) is 1. The molecule has 0 unspecified atom stereocenters. The summed E-state index contributed by atoms with van der Waals surface area (Å²) in [5, 5.41) is 0. The highest BCUT2D eigenvalue weighted by atomic mass is 16.6. The lowest BCUT2D eigenvalue weighted by Crippen LogP contribution is -2.07. The van der Waals surface area contributed by atoms with Gasteiger partial charge in [-0.2, -0.15) is 0 Å². The minimum absolute atomic E-state index is 0.105. The maximum absolute atomic E-state index is 11.9. The average molecular weight is 311 g/mol. The molecule has 0 amide bonds. The second-order valence-electron chi connectivity index (χ2n) is 5.48. The number of hydrogen-bond acceptors (Lipinski definition) is 5. The molecule has 3 rings (SSSR count). The zero-order valence-corrected chi connectivity index (χ0v) is 13.2. The maximum atomic E-state index is 11.9. The van der Waals surface area contributed by atoms with Crippen LogP contribution in [0.3, 0.4) is 0 Å². The summed E-state index contributed by atoms with van der Waals surface area (Å²) in [4.78, 5) is 16.1. The number of rotatable bonds is 4. The Balaban J connectivity index is 1.82. The molecule has 5 nitrogen and oxygen atoms in total. The van der Waals surface area contributed by atoms with Crippen molar-refractivity contribution >= 4 is 17.9 Å². The first-order valence-corrected chi connectivity index (χ1v) is 7.37. The van der Waals surface area contributed by atoms with Crippen molar-refractivity contribution in [1.82, 2.24) is 0 Å². The summed E-state index contributed by atoms with van der Waals surface area (Å²) in [7, 11) is 0. The highest BCUT2D eigenvalue weighted by molar-refractivity contribution is 6.12. The Morgan fingerprint density at radius 1 is 1.13 bits per heavy atom. The predicted molar refractivity (Wildman–Crippen MR) is 86.3 cm³/mol. The van der Waals surface area contributed by atoms with Crippen LogP contribution >= 0.6 is 0 Å². The Kier molecular flexibility index (Phi) is 4.02. The lowest BCUT2D eigenvalue weighted by Gasteiger charge is -2.09. The Hall–Kier alpha value is -2.82. The summed E-state index contributed by atoms with van der Waals surface area (Å²) in [5.41, 5.74) is 0.935. The minimum Gasteiger partial charge on any atom is -0.491 e. The van der Waals surface area contributed by atoms with Crippen molar-refractivity contribution < 1.29 is 18.7 Å². The quantitative estimate of drug-likeness (QED) is 0.638. The lowest BCUT2D eigenvalue weighted by atomic mass is 10.2. The monoisotopic (exact) mass is 311 g/mol. The summed E-state index contributed by atoms with van der Waals surface area (Å²) in [6.07, 6.45) is 1.67. The molecule has 1 aromatic heterocycles. The molecule has 0 radical (unpaired) electrons. The molecule has 0 bridgehead atoms. The molecule has 0 atom stereocenters. The molecular formula is C18H17NO4. The average Bonchev–Trinajstić information content (AvgIpc) is 3.06. The number of hydrogen-bond donors (Lipinski definition) is 0. The van der Waals surface area contributed by atoms with Gasteiger partial charge in [-0.15, -0.1) is 0 Å². The number of carbonyl (C=O) groups excluding carboxylic acids is 1. The zero-order chi connectivity index (χ0) is 16.4. The fraction of sp³-hybridized carbons (Fsp3) is 0.222. The molecule has 23 heavy (non-hydrogen) atoms. The lowest BCUT2D eigenvalue weighted by molar-refractivity contribution is -0.129. The summed E-state index contributed by atoms with van der Waals surface area (Å²) in [6.45, 7) is 5.76. The van der Waals surface area contributed by atoms with Gasteiger partial charge >= 0.3 is 5.97 Å². The van der Waals surface area contributed by atoms with E-state index in [4.69, 9.17) is 13.9 Å². The van der Waals surface area contributed by atoms with Gasteiger partial charge in [-0.25, -0.2) is 9.79 Å². The van der Waals surface area contributed by atoms with Gasteiger partial charge in [0.15, 0.2) is 5.70 Å². The van der Waals surface area contributed by atoms with Gasteiger partial charge in [-0.3, -0.25) is 0 Å². The van der Waals surface area contributed by atoms with Crippen LogP contribution in [0.5, 0.6) is 5.75 Å². The molecule has 2 heterocycles. The largest absolute Gasteiger partial charge is 0.491 e. The van der Waals surface area contributed by atoms with Crippen LogP contribution in [0.1, 0.15) is 30.9 Å². The second kappa shape index (κ2) is 6.12. The molecule has 1 aliphatic heterocycles. The third-order valence-corrected chi connectivity index (χ3v) is 3.13.